The third-order valence-electron chi connectivity index (χ3n) is 5.88. The predicted molar refractivity (Wildman–Crippen MR) is 138 cm³/mol. The maximum absolute atomic E-state index is 13.8. The number of nitrogens with one attached hydrogen (secondary N) is 1. The van der Waals surface area contributed by atoms with Gasteiger partial charge in [-0.2, -0.15) is 0 Å². The van der Waals surface area contributed by atoms with E-state index in [0.717, 1.165) is 27.8 Å². The summed E-state index contributed by atoms with van der Waals surface area (Å²) in [5.41, 5.74) is 4.32. The first-order valence-corrected chi connectivity index (χ1v) is 12.0. The van der Waals surface area contributed by atoms with Crippen LogP contribution in [0.1, 0.15) is 48.6 Å². The first kappa shape index (κ1) is 26.1. The molecule has 0 saturated carbocycles. The van der Waals surface area contributed by atoms with Crippen molar-refractivity contribution < 1.29 is 14.0 Å². The minimum absolute atomic E-state index is 0.145. The van der Waals surface area contributed by atoms with Crippen molar-refractivity contribution in [3.63, 3.8) is 0 Å². The molecule has 3 aromatic rings. The molecule has 3 aromatic carbocycles. The van der Waals surface area contributed by atoms with Gasteiger partial charge in [0.15, 0.2) is 0 Å². The van der Waals surface area contributed by atoms with Gasteiger partial charge in [0.1, 0.15) is 11.9 Å². The zero-order valence-electron chi connectivity index (χ0n) is 21.3. The van der Waals surface area contributed by atoms with Gasteiger partial charge in [-0.15, -0.1) is 0 Å². The largest absolute Gasteiger partial charge is 0.350 e. The quantitative estimate of drug-likeness (QED) is 0.466. The monoisotopic (exact) mass is 474 g/mol. The minimum Gasteiger partial charge on any atom is -0.350 e. The molecule has 0 aliphatic heterocycles. The van der Waals surface area contributed by atoms with Gasteiger partial charge in [-0.25, -0.2) is 4.39 Å². The second kappa shape index (κ2) is 11.3. The van der Waals surface area contributed by atoms with Crippen molar-refractivity contribution in [2.45, 2.75) is 65.6 Å². The molecule has 0 spiro atoms. The van der Waals surface area contributed by atoms with Crippen LogP contribution >= 0.6 is 0 Å². The van der Waals surface area contributed by atoms with Crippen molar-refractivity contribution >= 4 is 11.8 Å². The highest BCUT2D eigenvalue weighted by Crippen LogP contribution is 2.19. The summed E-state index contributed by atoms with van der Waals surface area (Å²) in [6.45, 7) is 9.96. The molecule has 0 fully saturated rings. The highest BCUT2D eigenvalue weighted by molar-refractivity contribution is 5.89. The summed E-state index contributed by atoms with van der Waals surface area (Å²) in [6.07, 6.45) is 0.561. The molecule has 2 amide bonds. The van der Waals surface area contributed by atoms with Crippen molar-refractivity contribution in [2.24, 2.45) is 0 Å². The highest BCUT2D eigenvalue weighted by Gasteiger charge is 2.32. The van der Waals surface area contributed by atoms with E-state index in [1.54, 1.807) is 17.0 Å². The van der Waals surface area contributed by atoms with E-state index in [2.05, 4.69) is 5.32 Å². The van der Waals surface area contributed by atoms with Gasteiger partial charge in [0.05, 0.1) is 6.42 Å². The van der Waals surface area contributed by atoms with E-state index < -0.39 is 11.6 Å². The van der Waals surface area contributed by atoms with Crippen molar-refractivity contribution in [1.29, 1.82) is 0 Å². The van der Waals surface area contributed by atoms with E-state index in [1.807, 2.05) is 83.1 Å². The molecule has 0 saturated heterocycles. The number of hydrogen-bond acceptors (Lipinski definition) is 2. The molecule has 0 heterocycles. The Hall–Kier alpha value is -3.47. The molecule has 0 aliphatic rings. The lowest BCUT2D eigenvalue weighted by atomic mass is 9.98. The number of rotatable bonds is 8. The van der Waals surface area contributed by atoms with Crippen LogP contribution in [0.15, 0.2) is 72.8 Å². The second-order valence-electron chi connectivity index (χ2n) is 10.2. The number of amides is 2. The molecule has 35 heavy (non-hydrogen) atoms. The third-order valence-corrected chi connectivity index (χ3v) is 5.88. The van der Waals surface area contributed by atoms with Gasteiger partial charge in [-0.1, -0.05) is 66.2 Å². The van der Waals surface area contributed by atoms with Gasteiger partial charge >= 0.3 is 0 Å². The standard InChI is InChI=1S/C30H35FN2O2/c1-21-11-12-22(2)25(17-21)19-28(34)33(20-24-13-15-26(31)16-14-24)27(29(35)32-30(3,4)5)18-23-9-7-6-8-10-23/h6-17,27H,18-20H2,1-5H3,(H,32,35)/t27-/m1/s1. The van der Waals surface area contributed by atoms with Gasteiger partial charge < -0.3 is 10.2 Å². The smallest absolute Gasteiger partial charge is 0.243 e. The van der Waals surface area contributed by atoms with Gasteiger partial charge in [0.25, 0.3) is 0 Å². The lowest BCUT2D eigenvalue weighted by Gasteiger charge is -2.34. The van der Waals surface area contributed by atoms with E-state index in [0.29, 0.717) is 6.42 Å². The van der Waals surface area contributed by atoms with Gasteiger partial charge in [-0.05, 0) is 69.0 Å². The Morgan fingerprint density at radius 1 is 0.914 bits per heavy atom. The van der Waals surface area contributed by atoms with Crippen LogP contribution in [0.5, 0.6) is 0 Å². The molecule has 0 unspecified atom stereocenters. The number of hydrogen-bond donors (Lipinski definition) is 1. The first-order valence-electron chi connectivity index (χ1n) is 12.0. The molecule has 0 aliphatic carbocycles. The fourth-order valence-corrected chi connectivity index (χ4v) is 4.05. The second-order valence-corrected chi connectivity index (χ2v) is 10.2. The van der Waals surface area contributed by atoms with Crippen molar-refractivity contribution in [2.75, 3.05) is 0 Å². The fourth-order valence-electron chi connectivity index (χ4n) is 4.05. The summed E-state index contributed by atoms with van der Waals surface area (Å²) in [7, 11) is 0. The lowest BCUT2D eigenvalue weighted by molar-refractivity contribution is -0.141. The topological polar surface area (TPSA) is 49.4 Å². The van der Waals surface area contributed by atoms with Crippen molar-refractivity contribution in [1.82, 2.24) is 10.2 Å². The Kier molecular flexibility index (Phi) is 8.44. The molecule has 1 N–H and O–H groups in total. The third kappa shape index (κ3) is 7.78. The van der Waals surface area contributed by atoms with Crippen molar-refractivity contribution in [3.8, 4) is 0 Å². The number of benzene rings is 3. The zero-order valence-corrected chi connectivity index (χ0v) is 21.3. The van der Waals surface area contributed by atoms with Crippen LogP contribution in [-0.4, -0.2) is 28.3 Å². The summed E-state index contributed by atoms with van der Waals surface area (Å²) in [6, 6.07) is 21.1. The molecule has 0 aromatic heterocycles. The Morgan fingerprint density at radius 3 is 2.20 bits per heavy atom. The first-order chi connectivity index (χ1) is 16.5. The van der Waals surface area contributed by atoms with Crippen LogP contribution in [-0.2, 0) is 29.0 Å². The summed E-state index contributed by atoms with van der Waals surface area (Å²) in [4.78, 5) is 29.0. The van der Waals surface area contributed by atoms with Crippen LogP contribution in [0.4, 0.5) is 4.39 Å². The summed E-state index contributed by atoms with van der Waals surface area (Å²) >= 11 is 0. The SMILES string of the molecule is Cc1ccc(C)c(CC(=O)N(Cc2ccc(F)cc2)[C@H](Cc2ccccc2)C(=O)NC(C)(C)C)c1. The van der Waals surface area contributed by atoms with Gasteiger partial charge in [0, 0.05) is 18.5 Å². The van der Waals surface area contributed by atoms with E-state index in [1.165, 1.54) is 12.1 Å². The van der Waals surface area contributed by atoms with Gasteiger partial charge in [-0.3, -0.25) is 9.59 Å². The Balaban J connectivity index is 2.01. The lowest BCUT2D eigenvalue weighted by Crippen LogP contribution is -2.54. The van der Waals surface area contributed by atoms with E-state index in [-0.39, 0.29) is 30.6 Å². The number of carbonyl (C=O) groups excluding carboxylic acids is 2. The summed E-state index contributed by atoms with van der Waals surface area (Å²) in [5.74, 6) is -0.695. The molecule has 5 heteroatoms. The summed E-state index contributed by atoms with van der Waals surface area (Å²) < 4.78 is 13.6. The fraction of sp³-hybridized carbons (Fsp3) is 0.333. The van der Waals surface area contributed by atoms with Crippen LogP contribution in [0, 0.1) is 19.7 Å². The number of nitrogens with zero attached hydrogens (tertiary/aromatic N) is 1. The van der Waals surface area contributed by atoms with Crippen LogP contribution in [0.3, 0.4) is 0 Å². The predicted octanol–water partition coefficient (Wildman–Crippen LogP) is 5.54. The van der Waals surface area contributed by atoms with Gasteiger partial charge in [0.2, 0.25) is 11.8 Å². The Labute approximate surface area is 208 Å². The van der Waals surface area contributed by atoms with E-state index in [9.17, 15) is 14.0 Å². The van der Waals surface area contributed by atoms with E-state index in [4.69, 9.17) is 0 Å². The molecule has 184 valence electrons. The van der Waals surface area contributed by atoms with Crippen molar-refractivity contribution in [3.05, 3.63) is 106 Å². The number of aryl methyl sites for hydroxylation is 2. The van der Waals surface area contributed by atoms with Crippen LogP contribution in [0.25, 0.3) is 0 Å². The maximum Gasteiger partial charge on any atom is 0.243 e. The average Bonchev–Trinajstić information content (AvgIpc) is 2.79. The number of carbonyl (C=O) groups is 2. The van der Waals surface area contributed by atoms with Crippen LogP contribution in [0.2, 0.25) is 0 Å². The summed E-state index contributed by atoms with van der Waals surface area (Å²) in [5, 5.41) is 3.06. The normalized spacial score (nSPS) is 12.2. The Bertz CT molecular complexity index is 1150. The minimum atomic E-state index is -0.723. The molecule has 4 nitrogen and oxygen atoms in total. The molecule has 0 bridgehead atoms. The molecular formula is C30H35FN2O2. The molecule has 0 radical (unpaired) electrons. The molecule has 1 atom stereocenters. The van der Waals surface area contributed by atoms with E-state index >= 15 is 0 Å². The number of halogens is 1. The van der Waals surface area contributed by atoms with Crippen LogP contribution < -0.4 is 5.32 Å². The average molecular weight is 475 g/mol. The molecule has 3 rings (SSSR count). The highest BCUT2D eigenvalue weighted by atomic mass is 19.1. The molecular weight excluding hydrogens is 439 g/mol. The maximum atomic E-state index is 13.8. The zero-order chi connectivity index (χ0) is 25.6. The Morgan fingerprint density at radius 2 is 1.57 bits per heavy atom.